The highest BCUT2D eigenvalue weighted by atomic mass is 16.2. The number of nitrogens with one attached hydrogen (secondary N) is 2. The highest BCUT2D eigenvalue weighted by Crippen LogP contribution is 2.36. The number of carbonyl (C=O) groups excluding carboxylic acids is 2. The van der Waals surface area contributed by atoms with E-state index in [0.717, 1.165) is 12.8 Å². The molecule has 0 aromatic rings. The fourth-order valence-electron chi connectivity index (χ4n) is 1.05. The van der Waals surface area contributed by atoms with Crippen LogP contribution < -0.4 is 16.6 Å². The first kappa shape index (κ1) is 8.83. The zero-order valence-electron chi connectivity index (χ0n) is 6.96. The van der Waals surface area contributed by atoms with Crippen LogP contribution >= 0.6 is 0 Å². The van der Waals surface area contributed by atoms with E-state index in [4.69, 9.17) is 5.73 Å². The molecule has 1 rings (SSSR count). The van der Waals surface area contributed by atoms with Crippen molar-refractivity contribution in [1.82, 2.24) is 10.9 Å². The van der Waals surface area contributed by atoms with E-state index in [2.05, 4.69) is 5.43 Å². The second kappa shape index (κ2) is 3.42. The summed E-state index contributed by atoms with van der Waals surface area (Å²) in [7, 11) is 0. The summed E-state index contributed by atoms with van der Waals surface area (Å²) in [5.41, 5.74) is 9.06. The summed E-state index contributed by atoms with van der Waals surface area (Å²) in [5, 5.41) is 0. The van der Waals surface area contributed by atoms with Gasteiger partial charge in [-0.2, -0.15) is 0 Å². The van der Waals surface area contributed by atoms with Crippen molar-refractivity contribution in [3.05, 3.63) is 0 Å². The molecule has 4 N–H and O–H groups in total. The molecule has 3 amide bonds. The highest BCUT2D eigenvalue weighted by Gasteiger charge is 2.32. The summed E-state index contributed by atoms with van der Waals surface area (Å²) < 4.78 is 0. The molecule has 5 nitrogen and oxygen atoms in total. The highest BCUT2D eigenvalue weighted by molar-refractivity contribution is 5.82. The Hall–Kier alpha value is -1.26. The van der Waals surface area contributed by atoms with E-state index < -0.39 is 6.03 Å². The van der Waals surface area contributed by atoms with Crippen molar-refractivity contribution in [2.45, 2.75) is 19.8 Å². The van der Waals surface area contributed by atoms with Crippen molar-refractivity contribution >= 4 is 11.9 Å². The van der Waals surface area contributed by atoms with E-state index in [-0.39, 0.29) is 11.8 Å². The van der Waals surface area contributed by atoms with Gasteiger partial charge in [-0.05, 0) is 18.8 Å². The molecule has 0 bridgehead atoms. The van der Waals surface area contributed by atoms with E-state index in [0.29, 0.717) is 5.92 Å². The summed E-state index contributed by atoms with van der Waals surface area (Å²) in [6, 6.07) is -0.744. The zero-order valence-corrected chi connectivity index (χ0v) is 6.96. The third-order valence-corrected chi connectivity index (χ3v) is 2.05. The Labute approximate surface area is 70.7 Å². The van der Waals surface area contributed by atoms with Gasteiger partial charge in [0.2, 0.25) is 5.91 Å². The van der Waals surface area contributed by atoms with Crippen LogP contribution in [0.4, 0.5) is 4.79 Å². The molecule has 1 unspecified atom stereocenters. The minimum atomic E-state index is -0.744. The molecule has 0 heterocycles. The van der Waals surface area contributed by atoms with Crippen LogP contribution in [0.15, 0.2) is 0 Å². The maximum Gasteiger partial charge on any atom is 0.330 e. The van der Waals surface area contributed by atoms with Crippen molar-refractivity contribution in [3.63, 3.8) is 0 Å². The average molecular weight is 171 g/mol. The average Bonchev–Trinajstić information content (AvgIpc) is 2.80. The fraction of sp³-hybridized carbons (Fsp3) is 0.714. The second-order valence-electron chi connectivity index (χ2n) is 3.10. The molecular formula is C7H13N3O2. The quantitative estimate of drug-likeness (QED) is 0.500. The van der Waals surface area contributed by atoms with Gasteiger partial charge in [-0.3, -0.25) is 10.2 Å². The van der Waals surface area contributed by atoms with Crippen LogP contribution in [0, 0.1) is 11.8 Å². The van der Waals surface area contributed by atoms with Gasteiger partial charge in [0.25, 0.3) is 0 Å². The normalized spacial score (nSPS) is 18.1. The third kappa shape index (κ3) is 2.41. The first-order valence-corrected chi connectivity index (χ1v) is 3.96. The van der Waals surface area contributed by atoms with Crippen molar-refractivity contribution in [1.29, 1.82) is 0 Å². The molecule has 0 radical (unpaired) electrons. The Morgan fingerprint density at radius 2 is 2.00 bits per heavy atom. The molecule has 12 heavy (non-hydrogen) atoms. The maximum atomic E-state index is 11.1. The predicted octanol–water partition coefficient (Wildman–Crippen LogP) is -0.268. The van der Waals surface area contributed by atoms with Gasteiger partial charge >= 0.3 is 6.03 Å². The van der Waals surface area contributed by atoms with Crippen molar-refractivity contribution in [2.24, 2.45) is 17.6 Å². The Kier molecular flexibility index (Phi) is 2.52. The molecule has 68 valence electrons. The number of hydrazine groups is 1. The van der Waals surface area contributed by atoms with Crippen LogP contribution in [0.3, 0.4) is 0 Å². The molecule has 5 heteroatoms. The number of hydrogen-bond donors (Lipinski definition) is 3. The van der Waals surface area contributed by atoms with Gasteiger partial charge in [0.15, 0.2) is 0 Å². The smallest absolute Gasteiger partial charge is 0.330 e. The van der Waals surface area contributed by atoms with Crippen LogP contribution in [-0.4, -0.2) is 11.9 Å². The van der Waals surface area contributed by atoms with Gasteiger partial charge in [-0.15, -0.1) is 0 Å². The monoisotopic (exact) mass is 171 g/mol. The topological polar surface area (TPSA) is 84.2 Å². The molecule has 1 fully saturated rings. The molecular weight excluding hydrogens is 158 g/mol. The molecule has 0 aliphatic heterocycles. The summed E-state index contributed by atoms with van der Waals surface area (Å²) in [5.74, 6) is 0.285. The van der Waals surface area contributed by atoms with Gasteiger partial charge in [-0.1, -0.05) is 6.92 Å². The van der Waals surface area contributed by atoms with Crippen LogP contribution in [0.5, 0.6) is 0 Å². The van der Waals surface area contributed by atoms with Gasteiger partial charge < -0.3 is 5.73 Å². The molecule has 1 aliphatic rings. The number of primary amides is 1. The molecule has 0 saturated heterocycles. The number of urea groups is 1. The van der Waals surface area contributed by atoms with E-state index in [1.54, 1.807) is 0 Å². The predicted molar refractivity (Wildman–Crippen MR) is 42.7 cm³/mol. The van der Waals surface area contributed by atoms with E-state index in [1.165, 1.54) is 0 Å². The van der Waals surface area contributed by atoms with Gasteiger partial charge in [0.1, 0.15) is 0 Å². The van der Waals surface area contributed by atoms with Gasteiger partial charge in [0, 0.05) is 5.92 Å². The van der Waals surface area contributed by atoms with Crippen molar-refractivity contribution in [3.8, 4) is 0 Å². The Morgan fingerprint density at radius 1 is 1.42 bits per heavy atom. The molecule has 0 spiro atoms. The molecule has 1 aliphatic carbocycles. The minimum absolute atomic E-state index is 0.0307. The van der Waals surface area contributed by atoms with E-state index in [9.17, 15) is 9.59 Å². The lowest BCUT2D eigenvalue weighted by Gasteiger charge is -2.09. The minimum Gasteiger partial charge on any atom is -0.350 e. The standard InChI is InChI=1S/C7H13N3O2/c1-4(5-2-3-5)6(11)9-10-7(8)12/h4-5H,2-3H2,1H3,(H,9,11)(H3,8,10,12). The Balaban J connectivity index is 2.22. The second-order valence-corrected chi connectivity index (χ2v) is 3.10. The van der Waals surface area contributed by atoms with Crippen molar-refractivity contribution in [2.75, 3.05) is 0 Å². The van der Waals surface area contributed by atoms with E-state index in [1.807, 2.05) is 12.3 Å². The van der Waals surface area contributed by atoms with Gasteiger partial charge in [-0.25, -0.2) is 10.2 Å². The van der Waals surface area contributed by atoms with Crippen molar-refractivity contribution < 1.29 is 9.59 Å². The lowest BCUT2D eigenvalue weighted by Crippen LogP contribution is -2.46. The molecule has 1 atom stereocenters. The third-order valence-electron chi connectivity index (χ3n) is 2.05. The number of hydrogen-bond acceptors (Lipinski definition) is 2. The summed E-state index contributed by atoms with van der Waals surface area (Å²) in [4.78, 5) is 21.4. The number of rotatable bonds is 2. The maximum absolute atomic E-state index is 11.1. The zero-order chi connectivity index (χ0) is 9.14. The summed E-state index contributed by atoms with van der Waals surface area (Å²) in [6.07, 6.45) is 2.20. The molecule has 0 aromatic heterocycles. The van der Waals surface area contributed by atoms with Crippen LogP contribution in [0.1, 0.15) is 19.8 Å². The molecule has 1 saturated carbocycles. The Morgan fingerprint density at radius 3 is 2.42 bits per heavy atom. The number of carbonyl (C=O) groups is 2. The lowest BCUT2D eigenvalue weighted by molar-refractivity contribution is -0.125. The van der Waals surface area contributed by atoms with Crippen LogP contribution in [-0.2, 0) is 4.79 Å². The van der Waals surface area contributed by atoms with Crippen LogP contribution in [0.2, 0.25) is 0 Å². The fourth-order valence-corrected chi connectivity index (χ4v) is 1.05. The molecule has 0 aromatic carbocycles. The van der Waals surface area contributed by atoms with Gasteiger partial charge in [0.05, 0.1) is 0 Å². The van der Waals surface area contributed by atoms with E-state index >= 15 is 0 Å². The van der Waals surface area contributed by atoms with Crippen LogP contribution in [0.25, 0.3) is 0 Å². The number of amides is 3. The Bertz CT molecular complexity index is 201. The first-order valence-electron chi connectivity index (χ1n) is 3.96. The first-order chi connectivity index (χ1) is 5.61. The summed E-state index contributed by atoms with van der Waals surface area (Å²) >= 11 is 0. The summed E-state index contributed by atoms with van der Waals surface area (Å²) in [6.45, 7) is 1.84. The lowest BCUT2D eigenvalue weighted by atomic mass is 10.1. The largest absolute Gasteiger partial charge is 0.350 e. The number of nitrogens with two attached hydrogens (primary N) is 1. The SMILES string of the molecule is CC(C(=O)NNC(N)=O)C1CC1.